The summed E-state index contributed by atoms with van der Waals surface area (Å²) in [7, 11) is 2.26. The highest BCUT2D eigenvalue weighted by molar-refractivity contribution is 5.96. The van der Waals surface area contributed by atoms with E-state index >= 15 is 0 Å². The Morgan fingerprint density at radius 2 is 1.86 bits per heavy atom. The van der Waals surface area contributed by atoms with Crippen LogP contribution < -0.4 is 0 Å². The number of rotatable bonds is 2. The van der Waals surface area contributed by atoms with Gasteiger partial charge in [0.2, 0.25) is 0 Å². The number of hydrogen-bond acceptors (Lipinski definition) is 4. The van der Waals surface area contributed by atoms with Crippen LogP contribution in [0.4, 0.5) is 0 Å². The summed E-state index contributed by atoms with van der Waals surface area (Å²) in [6.07, 6.45) is 6.23. The van der Waals surface area contributed by atoms with Gasteiger partial charge in [0.15, 0.2) is 0 Å². The minimum absolute atomic E-state index is 0.0895. The van der Waals surface area contributed by atoms with Crippen LogP contribution in [0, 0.1) is 19.8 Å². The molecule has 2 fully saturated rings. The molecule has 1 atom stereocenters. The summed E-state index contributed by atoms with van der Waals surface area (Å²) in [6.45, 7) is 6.60. The summed E-state index contributed by atoms with van der Waals surface area (Å²) in [5.74, 6) is 1.46. The number of hydrogen-bond donors (Lipinski definition) is 0. The van der Waals surface area contributed by atoms with Gasteiger partial charge in [-0.2, -0.15) is 0 Å². The van der Waals surface area contributed by atoms with Crippen molar-refractivity contribution >= 4 is 5.91 Å². The normalized spacial score (nSPS) is 24.7. The summed E-state index contributed by atoms with van der Waals surface area (Å²) in [5.41, 5.74) is 1.37. The summed E-state index contributed by atoms with van der Waals surface area (Å²) >= 11 is 0. The van der Waals surface area contributed by atoms with Crippen molar-refractivity contribution in [2.45, 2.75) is 52.0 Å². The summed E-state index contributed by atoms with van der Waals surface area (Å²) in [6, 6.07) is 0.713. The number of carbonyl (C=O) groups is 1. The Kier molecular flexibility index (Phi) is 4.52. The molecule has 0 saturated carbocycles. The highest BCUT2D eigenvalue weighted by Gasteiger charge is 2.33. The minimum atomic E-state index is 0.0895. The molecular formula is C17H27N3O2. The molecule has 122 valence electrons. The molecule has 0 radical (unpaired) electrons. The molecule has 0 unspecified atom stereocenters. The zero-order valence-corrected chi connectivity index (χ0v) is 14.0. The van der Waals surface area contributed by atoms with Crippen LogP contribution in [0.3, 0.4) is 0 Å². The van der Waals surface area contributed by atoms with E-state index in [1.165, 1.54) is 25.8 Å². The highest BCUT2D eigenvalue weighted by Crippen LogP contribution is 2.30. The van der Waals surface area contributed by atoms with Gasteiger partial charge in [0.25, 0.3) is 5.91 Å². The summed E-state index contributed by atoms with van der Waals surface area (Å²) < 4.78 is 5.13. The van der Waals surface area contributed by atoms with Crippen LogP contribution in [0.15, 0.2) is 4.52 Å². The first-order chi connectivity index (χ1) is 10.6. The molecule has 5 nitrogen and oxygen atoms in total. The molecule has 0 aromatic carbocycles. The number of likely N-dealkylation sites (tertiary alicyclic amines) is 2. The maximum atomic E-state index is 12.7. The fourth-order valence-electron chi connectivity index (χ4n) is 4.13. The smallest absolute Gasteiger partial charge is 0.259 e. The Hall–Kier alpha value is -1.36. The summed E-state index contributed by atoms with van der Waals surface area (Å²) in [4.78, 5) is 17.2. The second-order valence-electron chi connectivity index (χ2n) is 6.87. The molecule has 1 aromatic heterocycles. The first-order valence-electron chi connectivity index (χ1n) is 8.50. The third-order valence-electron chi connectivity index (χ3n) is 5.45. The number of carbonyl (C=O) groups excluding carboxylic acids is 1. The molecule has 0 aliphatic carbocycles. The highest BCUT2D eigenvalue weighted by atomic mass is 16.5. The minimum Gasteiger partial charge on any atom is -0.361 e. The fraction of sp³-hybridized carbons (Fsp3) is 0.765. The zero-order valence-electron chi connectivity index (χ0n) is 14.0. The Morgan fingerprint density at radius 1 is 1.14 bits per heavy atom. The Labute approximate surface area is 132 Å². The number of nitrogens with zero attached hydrogens (tertiary/aromatic N) is 3. The monoisotopic (exact) mass is 305 g/mol. The lowest BCUT2D eigenvalue weighted by atomic mass is 9.84. The van der Waals surface area contributed by atoms with Crippen molar-refractivity contribution in [1.29, 1.82) is 0 Å². The second kappa shape index (κ2) is 6.41. The summed E-state index contributed by atoms with van der Waals surface area (Å²) in [5, 5.41) is 3.90. The van der Waals surface area contributed by atoms with Gasteiger partial charge >= 0.3 is 0 Å². The van der Waals surface area contributed by atoms with Crippen molar-refractivity contribution in [3.63, 3.8) is 0 Å². The van der Waals surface area contributed by atoms with Gasteiger partial charge in [-0.1, -0.05) is 11.6 Å². The van der Waals surface area contributed by atoms with Crippen molar-refractivity contribution in [1.82, 2.24) is 15.0 Å². The van der Waals surface area contributed by atoms with Crippen molar-refractivity contribution in [2.24, 2.45) is 5.92 Å². The third kappa shape index (κ3) is 2.91. The van der Waals surface area contributed by atoms with Crippen LogP contribution in [0.2, 0.25) is 0 Å². The zero-order chi connectivity index (χ0) is 15.7. The predicted octanol–water partition coefficient (Wildman–Crippen LogP) is 2.63. The van der Waals surface area contributed by atoms with E-state index in [4.69, 9.17) is 4.52 Å². The molecule has 22 heavy (non-hydrogen) atoms. The first kappa shape index (κ1) is 15.5. The van der Waals surface area contributed by atoms with Gasteiger partial charge in [-0.15, -0.1) is 0 Å². The fourth-order valence-corrected chi connectivity index (χ4v) is 4.13. The van der Waals surface area contributed by atoms with E-state index < -0.39 is 0 Å². The van der Waals surface area contributed by atoms with E-state index in [9.17, 15) is 4.79 Å². The molecular weight excluding hydrogens is 278 g/mol. The van der Waals surface area contributed by atoms with Crippen molar-refractivity contribution in [3.05, 3.63) is 17.0 Å². The second-order valence-corrected chi connectivity index (χ2v) is 6.87. The van der Waals surface area contributed by atoms with Crippen molar-refractivity contribution in [3.8, 4) is 0 Å². The van der Waals surface area contributed by atoms with E-state index in [0.717, 1.165) is 31.8 Å². The molecule has 0 spiro atoms. The maximum absolute atomic E-state index is 12.7. The van der Waals surface area contributed by atoms with Gasteiger partial charge in [0, 0.05) is 19.1 Å². The maximum Gasteiger partial charge on any atom is 0.259 e. The van der Waals surface area contributed by atoms with E-state index in [1.807, 2.05) is 18.7 Å². The van der Waals surface area contributed by atoms with Crippen LogP contribution >= 0.6 is 0 Å². The van der Waals surface area contributed by atoms with E-state index in [2.05, 4.69) is 17.1 Å². The molecule has 0 bridgehead atoms. The molecule has 5 heteroatoms. The van der Waals surface area contributed by atoms with Gasteiger partial charge < -0.3 is 14.3 Å². The van der Waals surface area contributed by atoms with Gasteiger partial charge in [0.05, 0.1) is 5.69 Å². The molecule has 2 saturated heterocycles. The van der Waals surface area contributed by atoms with Crippen LogP contribution in [-0.4, -0.2) is 53.6 Å². The van der Waals surface area contributed by atoms with Gasteiger partial charge in [-0.05, 0) is 59.0 Å². The predicted molar refractivity (Wildman–Crippen MR) is 84.9 cm³/mol. The molecule has 1 aromatic rings. The molecule has 2 aliphatic heterocycles. The Bertz CT molecular complexity index is 513. The van der Waals surface area contributed by atoms with E-state index in [1.54, 1.807) is 0 Å². The number of piperidine rings is 2. The molecule has 3 heterocycles. The lowest BCUT2D eigenvalue weighted by Crippen LogP contribution is -2.47. The Morgan fingerprint density at radius 3 is 2.45 bits per heavy atom. The number of aromatic nitrogens is 1. The average molecular weight is 305 g/mol. The lowest BCUT2D eigenvalue weighted by Gasteiger charge is -2.42. The Balaban J connectivity index is 1.61. The van der Waals surface area contributed by atoms with Crippen LogP contribution in [0.5, 0.6) is 0 Å². The topological polar surface area (TPSA) is 49.6 Å². The molecule has 3 rings (SSSR count). The average Bonchev–Trinajstić information content (AvgIpc) is 2.86. The number of aryl methyl sites for hydroxylation is 2. The third-order valence-corrected chi connectivity index (χ3v) is 5.45. The van der Waals surface area contributed by atoms with Gasteiger partial charge in [-0.25, -0.2) is 0 Å². The van der Waals surface area contributed by atoms with E-state index in [0.29, 0.717) is 23.1 Å². The quantitative estimate of drug-likeness (QED) is 0.843. The molecule has 2 aliphatic rings. The van der Waals surface area contributed by atoms with Crippen molar-refractivity contribution in [2.75, 3.05) is 26.7 Å². The van der Waals surface area contributed by atoms with Crippen LogP contribution in [0.25, 0.3) is 0 Å². The van der Waals surface area contributed by atoms with Gasteiger partial charge in [0.1, 0.15) is 11.3 Å². The SMILES string of the molecule is Cc1noc(C)c1C(=O)N1CCC([C@@H]2CCCCN2C)CC1. The van der Waals surface area contributed by atoms with E-state index in [-0.39, 0.29) is 5.91 Å². The lowest BCUT2D eigenvalue weighted by molar-refractivity contribution is 0.0553. The van der Waals surface area contributed by atoms with Crippen molar-refractivity contribution < 1.29 is 9.32 Å². The largest absolute Gasteiger partial charge is 0.361 e. The number of amides is 1. The molecule has 1 amide bonds. The van der Waals surface area contributed by atoms with Crippen LogP contribution in [0.1, 0.15) is 53.9 Å². The standard InChI is InChI=1S/C17H27N3O2/c1-12-16(13(2)22-18-12)17(21)20-10-7-14(8-11-20)15-6-4-5-9-19(15)3/h14-15H,4-11H2,1-3H3/t15-/m0/s1. The van der Waals surface area contributed by atoms with Gasteiger partial charge in [-0.3, -0.25) is 4.79 Å². The first-order valence-corrected chi connectivity index (χ1v) is 8.50. The molecule has 0 N–H and O–H groups in total. The van der Waals surface area contributed by atoms with Crippen LogP contribution in [-0.2, 0) is 0 Å².